The molecule has 8 nitrogen and oxygen atoms in total. The summed E-state index contributed by atoms with van der Waals surface area (Å²) >= 11 is 0. The number of furan rings is 1. The predicted octanol–water partition coefficient (Wildman–Crippen LogP) is 1.96. The van der Waals surface area contributed by atoms with Gasteiger partial charge in [0.15, 0.2) is 0 Å². The molecule has 0 aliphatic carbocycles. The number of nitrogen functional groups attached to an aromatic ring is 1. The Hall–Kier alpha value is -2.90. The molecule has 1 amide bonds. The molecule has 1 unspecified atom stereocenters. The number of nitrogens with two attached hydrogens (primary N) is 1. The van der Waals surface area contributed by atoms with Crippen molar-refractivity contribution in [2.45, 2.75) is 19.9 Å². The lowest BCUT2D eigenvalue weighted by molar-refractivity contribution is -0.385. The van der Waals surface area contributed by atoms with E-state index in [1.54, 1.807) is 26.0 Å². The number of pyridine rings is 1. The fourth-order valence-corrected chi connectivity index (χ4v) is 1.82. The summed E-state index contributed by atoms with van der Waals surface area (Å²) in [5, 5.41) is 13.6. The van der Waals surface area contributed by atoms with E-state index in [4.69, 9.17) is 10.2 Å². The molecular formula is C13H14N4O4. The predicted molar refractivity (Wildman–Crippen MR) is 74.6 cm³/mol. The molecule has 21 heavy (non-hydrogen) atoms. The lowest BCUT2D eigenvalue weighted by atomic mass is 10.2. The number of anilines is 1. The fraction of sp³-hybridized carbons (Fsp3) is 0.231. The topological polar surface area (TPSA) is 124 Å². The zero-order valence-electron chi connectivity index (χ0n) is 11.5. The van der Waals surface area contributed by atoms with Crippen molar-refractivity contribution >= 4 is 17.4 Å². The SMILES string of the molecule is Cc1ccc(C(C)NC(=O)c2cc(N)ncc2[N+](=O)[O-])o1. The average molecular weight is 290 g/mol. The Morgan fingerprint density at radius 1 is 1.52 bits per heavy atom. The number of hydrogen-bond donors (Lipinski definition) is 2. The molecular weight excluding hydrogens is 276 g/mol. The summed E-state index contributed by atoms with van der Waals surface area (Å²) in [7, 11) is 0. The third-order valence-electron chi connectivity index (χ3n) is 2.88. The highest BCUT2D eigenvalue weighted by molar-refractivity contribution is 5.98. The van der Waals surface area contributed by atoms with Gasteiger partial charge in [-0.15, -0.1) is 0 Å². The Morgan fingerprint density at radius 2 is 2.24 bits per heavy atom. The van der Waals surface area contributed by atoms with E-state index in [9.17, 15) is 14.9 Å². The van der Waals surface area contributed by atoms with E-state index in [1.807, 2.05) is 0 Å². The summed E-state index contributed by atoms with van der Waals surface area (Å²) in [6.07, 6.45) is 0.964. The van der Waals surface area contributed by atoms with Gasteiger partial charge in [-0.1, -0.05) is 0 Å². The van der Waals surface area contributed by atoms with E-state index < -0.39 is 22.6 Å². The standard InChI is InChI=1S/C13H14N4O4/c1-7-3-4-11(21-7)8(2)16-13(18)9-5-12(14)15-6-10(9)17(19)20/h3-6,8H,1-2H3,(H2,14,15)(H,16,18). The van der Waals surface area contributed by atoms with Gasteiger partial charge in [-0.3, -0.25) is 14.9 Å². The summed E-state index contributed by atoms with van der Waals surface area (Å²) in [6.45, 7) is 3.50. The van der Waals surface area contributed by atoms with Crippen LogP contribution in [0.15, 0.2) is 28.8 Å². The minimum absolute atomic E-state index is 0.0345. The normalized spacial score (nSPS) is 11.9. The number of rotatable bonds is 4. The molecule has 0 saturated heterocycles. The first-order valence-corrected chi connectivity index (χ1v) is 6.15. The zero-order valence-corrected chi connectivity index (χ0v) is 11.5. The van der Waals surface area contributed by atoms with Gasteiger partial charge in [0.25, 0.3) is 11.6 Å². The van der Waals surface area contributed by atoms with Gasteiger partial charge in [-0.05, 0) is 32.0 Å². The number of amides is 1. The number of nitrogens with zero attached hydrogens (tertiary/aromatic N) is 2. The van der Waals surface area contributed by atoms with E-state index in [1.165, 1.54) is 6.07 Å². The third-order valence-corrected chi connectivity index (χ3v) is 2.88. The lowest BCUT2D eigenvalue weighted by Crippen LogP contribution is -2.27. The van der Waals surface area contributed by atoms with Crippen molar-refractivity contribution in [3.63, 3.8) is 0 Å². The maximum absolute atomic E-state index is 12.2. The molecule has 0 aliphatic rings. The van der Waals surface area contributed by atoms with Crippen LogP contribution in [-0.2, 0) is 0 Å². The molecule has 0 spiro atoms. The molecule has 3 N–H and O–H groups in total. The second-order valence-corrected chi connectivity index (χ2v) is 4.53. The Kier molecular flexibility index (Phi) is 3.88. The first-order valence-electron chi connectivity index (χ1n) is 6.15. The van der Waals surface area contributed by atoms with Gasteiger partial charge in [-0.2, -0.15) is 0 Å². The van der Waals surface area contributed by atoms with Gasteiger partial charge >= 0.3 is 0 Å². The lowest BCUT2D eigenvalue weighted by Gasteiger charge is -2.11. The minimum atomic E-state index is -0.678. The third kappa shape index (κ3) is 3.16. The van der Waals surface area contributed by atoms with E-state index in [2.05, 4.69) is 10.3 Å². The molecule has 2 aromatic rings. The molecule has 0 fully saturated rings. The second-order valence-electron chi connectivity index (χ2n) is 4.53. The maximum atomic E-state index is 12.2. The highest BCUT2D eigenvalue weighted by atomic mass is 16.6. The fourth-order valence-electron chi connectivity index (χ4n) is 1.82. The monoisotopic (exact) mass is 290 g/mol. The summed E-state index contributed by atoms with van der Waals surface area (Å²) in [5.74, 6) is 0.695. The zero-order chi connectivity index (χ0) is 15.6. The summed E-state index contributed by atoms with van der Waals surface area (Å²) < 4.78 is 5.40. The van der Waals surface area contributed by atoms with Crippen LogP contribution in [0, 0.1) is 17.0 Å². The number of aryl methyl sites for hydroxylation is 1. The first kappa shape index (κ1) is 14.5. The Labute approximate surface area is 120 Å². The van der Waals surface area contributed by atoms with Gasteiger partial charge in [0.05, 0.1) is 11.0 Å². The summed E-state index contributed by atoms with van der Waals surface area (Å²) in [5.41, 5.74) is 4.94. The van der Waals surface area contributed by atoms with Gasteiger partial charge in [0.2, 0.25) is 0 Å². The number of carbonyl (C=O) groups is 1. The van der Waals surface area contributed by atoms with Crippen LogP contribution < -0.4 is 11.1 Å². The van der Waals surface area contributed by atoms with Gasteiger partial charge in [-0.25, -0.2) is 4.98 Å². The second kappa shape index (κ2) is 5.61. The molecule has 8 heteroatoms. The highest BCUT2D eigenvalue weighted by Crippen LogP contribution is 2.21. The van der Waals surface area contributed by atoms with Crippen LogP contribution in [0.2, 0.25) is 0 Å². The number of nitrogens with one attached hydrogen (secondary N) is 1. The molecule has 0 aromatic carbocycles. The van der Waals surface area contributed by atoms with Crippen LogP contribution in [0.5, 0.6) is 0 Å². The van der Waals surface area contributed by atoms with E-state index >= 15 is 0 Å². The quantitative estimate of drug-likeness (QED) is 0.655. The van der Waals surface area contributed by atoms with Gasteiger partial charge in [0, 0.05) is 0 Å². The van der Waals surface area contributed by atoms with Crippen molar-refractivity contribution in [3.8, 4) is 0 Å². The van der Waals surface area contributed by atoms with E-state index in [0.717, 1.165) is 6.20 Å². The maximum Gasteiger partial charge on any atom is 0.300 e. The smallest absolute Gasteiger partial charge is 0.300 e. The molecule has 2 rings (SSSR count). The molecule has 0 radical (unpaired) electrons. The van der Waals surface area contributed by atoms with Crippen LogP contribution in [0.4, 0.5) is 11.5 Å². The molecule has 110 valence electrons. The number of carbonyl (C=O) groups excluding carboxylic acids is 1. The number of hydrogen-bond acceptors (Lipinski definition) is 6. The molecule has 2 heterocycles. The van der Waals surface area contributed by atoms with Crippen LogP contribution in [-0.4, -0.2) is 15.8 Å². The number of aromatic nitrogens is 1. The highest BCUT2D eigenvalue weighted by Gasteiger charge is 2.23. The van der Waals surface area contributed by atoms with Crippen molar-refractivity contribution in [1.29, 1.82) is 0 Å². The van der Waals surface area contributed by atoms with Crippen LogP contribution in [0.25, 0.3) is 0 Å². The van der Waals surface area contributed by atoms with Gasteiger partial charge < -0.3 is 15.5 Å². The van der Waals surface area contributed by atoms with Crippen LogP contribution in [0.1, 0.15) is 34.8 Å². The summed E-state index contributed by atoms with van der Waals surface area (Å²) in [6, 6.07) is 4.24. The van der Waals surface area contributed by atoms with Crippen molar-refractivity contribution in [2.75, 3.05) is 5.73 Å². The average Bonchev–Trinajstić information content (AvgIpc) is 2.85. The molecule has 0 aliphatic heterocycles. The van der Waals surface area contributed by atoms with Crippen LogP contribution in [0.3, 0.4) is 0 Å². The molecule has 0 bridgehead atoms. The molecule has 1 atom stereocenters. The van der Waals surface area contributed by atoms with Gasteiger partial charge in [0.1, 0.15) is 29.1 Å². The molecule has 0 saturated carbocycles. The van der Waals surface area contributed by atoms with Crippen molar-refractivity contribution in [3.05, 3.63) is 51.6 Å². The van der Waals surface area contributed by atoms with Crippen molar-refractivity contribution in [1.82, 2.24) is 10.3 Å². The molecule has 2 aromatic heterocycles. The van der Waals surface area contributed by atoms with Crippen molar-refractivity contribution in [2.24, 2.45) is 0 Å². The van der Waals surface area contributed by atoms with E-state index in [0.29, 0.717) is 11.5 Å². The van der Waals surface area contributed by atoms with Crippen LogP contribution >= 0.6 is 0 Å². The van der Waals surface area contributed by atoms with E-state index in [-0.39, 0.29) is 11.4 Å². The van der Waals surface area contributed by atoms with Crippen molar-refractivity contribution < 1.29 is 14.1 Å². The summed E-state index contributed by atoms with van der Waals surface area (Å²) in [4.78, 5) is 26.0. The minimum Gasteiger partial charge on any atom is -0.464 e. The Balaban J connectivity index is 2.24. The first-order chi connectivity index (χ1) is 9.88. The Bertz CT molecular complexity index is 695. The largest absolute Gasteiger partial charge is 0.464 e. The Morgan fingerprint density at radius 3 is 2.81 bits per heavy atom. The number of nitro groups is 1.